The summed E-state index contributed by atoms with van der Waals surface area (Å²) in [5.74, 6) is -0.677. The fourth-order valence-electron chi connectivity index (χ4n) is 1.83. The number of hydrogen-bond acceptors (Lipinski definition) is 1. The van der Waals surface area contributed by atoms with E-state index in [1.165, 1.54) is 12.1 Å². The zero-order chi connectivity index (χ0) is 13.3. The van der Waals surface area contributed by atoms with Crippen molar-refractivity contribution in [3.05, 3.63) is 69.5 Å². The van der Waals surface area contributed by atoms with E-state index in [9.17, 15) is 9.18 Å². The molecule has 0 aliphatic rings. The summed E-state index contributed by atoms with van der Waals surface area (Å²) < 4.78 is 13.3. The van der Waals surface area contributed by atoms with Gasteiger partial charge in [0.2, 0.25) is 0 Å². The van der Waals surface area contributed by atoms with E-state index >= 15 is 0 Å². The van der Waals surface area contributed by atoms with Crippen molar-refractivity contribution >= 4 is 17.4 Å². The van der Waals surface area contributed by atoms with E-state index in [-0.39, 0.29) is 5.78 Å². The highest BCUT2D eigenvalue weighted by Crippen LogP contribution is 2.21. The lowest BCUT2D eigenvalue weighted by atomic mass is 10.0. The van der Waals surface area contributed by atoms with E-state index in [1.54, 1.807) is 25.1 Å². The monoisotopic (exact) mass is 262 g/mol. The van der Waals surface area contributed by atoms with Gasteiger partial charge in [0.1, 0.15) is 5.82 Å². The molecule has 3 heteroatoms. The van der Waals surface area contributed by atoms with E-state index in [1.807, 2.05) is 13.0 Å². The maximum absolute atomic E-state index is 13.3. The lowest BCUT2D eigenvalue weighted by molar-refractivity contribution is 0.103. The molecule has 2 rings (SSSR count). The molecular weight excluding hydrogens is 251 g/mol. The van der Waals surface area contributed by atoms with E-state index < -0.39 is 5.82 Å². The van der Waals surface area contributed by atoms with Crippen molar-refractivity contribution < 1.29 is 9.18 Å². The third-order valence-corrected chi connectivity index (χ3v) is 2.99. The van der Waals surface area contributed by atoms with Gasteiger partial charge in [0.05, 0.1) is 5.02 Å². The van der Waals surface area contributed by atoms with Crippen molar-refractivity contribution in [1.82, 2.24) is 0 Å². The van der Waals surface area contributed by atoms with E-state index in [2.05, 4.69) is 0 Å². The molecule has 0 aromatic heterocycles. The molecule has 0 aliphatic carbocycles. The molecule has 0 saturated heterocycles. The zero-order valence-corrected chi connectivity index (χ0v) is 10.9. The molecule has 0 amide bonds. The first kappa shape index (κ1) is 12.8. The highest BCUT2D eigenvalue weighted by Gasteiger charge is 2.14. The number of hydrogen-bond donors (Lipinski definition) is 0. The number of aryl methyl sites for hydroxylation is 2. The molecular formula is C15H12ClFO. The molecule has 0 aliphatic heterocycles. The van der Waals surface area contributed by atoms with Crippen molar-refractivity contribution in [1.29, 1.82) is 0 Å². The molecule has 0 unspecified atom stereocenters. The minimum absolute atomic E-state index is 0.261. The SMILES string of the molecule is Cc1cc(F)cc(C(=O)c2ccc(C)cc2Cl)c1. The molecule has 0 N–H and O–H groups in total. The van der Waals surface area contributed by atoms with Crippen LogP contribution in [0.1, 0.15) is 27.0 Å². The van der Waals surface area contributed by atoms with Crippen LogP contribution in [-0.2, 0) is 0 Å². The number of carbonyl (C=O) groups is 1. The standard InChI is InChI=1S/C15H12ClFO/c1-9-3-4-13(14(16)7-9)15(18)11-5-10(2)6-12(17)8-11/h3-8H,1-2H3. The van der Waals surface area contributed by atoms with Gasteiger partial charge in [0, 0.05) is 11.1 Å². The molecule has 92 valence electrons. The zero-order valence-electron chi connectivity index (χ0n) is 10.1. The summed E-state index contributed by atoms with van der Waals surface area (Å²) in [4.78, 5) is 12.2. The maximum atomic E-state index is 13.3. The number of carbonyl (C=O) groups excluding carboxylic acids is 1. The van der Waals surface area contributed by atoms with Gasteiger partial charge in [-0.05, 0) is 55.3 Å². The van der Waals surface area contributed by atoms with Crippen molar-refractivity contribution in [2.24, 2.45) is 0 Å². The lowest BCUT2D eigenvalue weighted by Crippen LogP contribution is -2.03. The molecule has 2 aromatic rings. The second kappa shape index (κ2) is 4.91. The summed E-state index contributed by atoms with van der Waals surface area (Å²) in [6.07, 6.45) is 0. The van der Waals surface area contributed by atoms with Gasteiger partial charge in [-0.1, -0.05) is 17.7 Å². The maximum Gasteiger partial charge on any atom is 0.194 e. The third kappa shape index (κ3) is 2.59. The van der Waals surface area contributed by atoms with Crippen LogP contribution >= 0.6 is 11.6 Å². The van der Waals surface area contributed by atoms with E-state index in [4.69, 9.17) is 11.6 Å². The average Bonchev–Trinajstić information content (AvgIpc) is 2.26. The second-order valence-electron chi connectivity index (χ2n) is 4.33. The minimum atomic E-state index is -0.415. The van der Waals surface area contributed by atoms with Crippen LogP contribution in [0, 0.1) is 19.7 Å². The Hall–Kier alpha value is -1.67. The molecule has 1 nitrogen and oxygen atoms in total. The molecule has 0 saturated carbocycles. The normalized spacial score (nSPS) is 10.4. The highest BCUT2D eigenvalue weighted by molar-refractivity contribution is 6.35. The summed E-state index contributed by atoms with van der Waals surface area (Å²) in [5, 5.41) is 0.391. The average molecular weight is 263 g/mol. The van der Waals surface area contributed by atoms with Gasteiger partial charge in [-0.15, -0.1) is 0 Å². The largest absolute Gasteiger partial charge is 0.289 e. The number of benzene rings is 2. The summed E-state index contributed by atoms with van der Waals surface area (Å²) in [7, 11) is 0. The van der Waals surface area contributed by atoms with Gasteiger partial charge in [0.15, 0.2) is 5.78 Å². The summed E-state index contributed by atoms with van der Waals surface area (Å²) in [6, 6.07) is 9.47. The van der Waals surface area contributed by atoms with Crippen LogP contribution in [-0.4, -0.2) is 5.78 Å². The number of ketones is 1. The predicted octanol–water partition coefficient (Wildman–Crippen LogP) is 4.33. The van der Waals surface area contributed by atoms with E-state index in [0.717, 1.165) is 5.56 Å². The van der Waals surface area contributed by atoms with Gasteiger partial charge in [0.25, 0.3) is 0 Å². The molecule has 0 spiro atoms. The smallest absolute Gasteiger partial charge is 0.194 e. The van der Waals surface area contributed by atoms with Crippen LogP contribution in [0.25, 0.3) is 0 Å². The third-order valence-electron chi connectivity index (χ3n) is 2.67. The van der Waals surface area contributed by atoms with Crippen LogP contribution < -0.4 is 0 Å². The van der Waals surface area contributed by atoms with Crippen LogP contribution in [0.4, 0.5) is 4.39 Å². The minimum Gasteiger partial charge on any atom is -0.289 e. The van der Waals surface area contributed by atoms with Gasteiger partial charge >= 0.3 is 0 Å². The molecule has 0 bridgehead atoms. The van der Waals surface area contributed by atoms with Crippen molar-refractivity contribution in [3.63, 3.8) is 0 Å². The Morgan fingerprint density at radius 1 is 1.06 bits per heavy atom. The van der Waals surface area contributed by atoms with Crippen LogP contribution in [0.5, 0.6) is 0 Å². The van der Waals surface area contributed by atoms with Crippen LogP contribution in [0.15, 0.2) is 36.4 Å². The molecule has 0 fully saturated rings. The van der Waals surface area contributed by atoms with Crippen LogP contribution in [0.2, 0.25) is 5.02 Å². The Morgan fingerprint density at radius 3 is 2.39 bits per heavy atom. The molecule has 18 heavy (non-hydrogen) atoms. The summed E-state index contributed by atoms with van der Waals surface area (Å²) in [6.45, 7) is 3.64. The van der Waals surface area contributed by atoms with Crippen molar-refractivity contribution in [2.75, 3.05) is 0 Å². The van der Waals surface area contributed by atoms with Crippen molar-refractivity contribution in [3.8, 4) is 0 Å². The van der Waals surface area contributed by atoms with Crippen molar-refractivity contribution in [2.45, 2.75) is 13.8 Å². The van der Waals surface area contributed by atoms with Crippen LogP contribution in [0.3, 0.4) is 0 Å². The first-order chi connectivity index (χ1) is 8.47. The number of halogens is 2. The first-order valence-electron chi connectivity index (χ1n) is 5.55. The van der Waals surface area contributed by atoms with E-state index in [0.29, 0.717) is 21.7 Å². The van der Waals surface area contributed by atoms with Gasteiger partial charge in [-0.25, -0.2) is 4.39 Å². The Kier molecular flexibility index (Phi) is 3.48. The Morgan fingerprint density at radius 2 is 1.78 bits per heavy atom. The molecule has 0 radical (unpaired) electrons. The second-order valence-corrected chi connectivity index (χ2v) is 4.74. The van der Waals surface area contributed by atoms with Gasteiger partial charge < -0.3 is 0 Å². The Bertz CT molecular complexity index is 600. The summed E-state index contributed by atoms with van der Waals surface area (Å²) >= 11 is 6.04. The van der Waals surface area contributed by atoms with Gasteiger partial charge in [-0.3, -0.25) is 4.79 Å². The molecule has 0 atom stereocenters. The first-order valence-corrected chi connectivity index (χ1v) is 5.93. The Balaban J connectivity index is 2.47. The highest BCUT2D eigenvalue weighted by atomic mass is 35.5. The topological polar surface area (TPSA) is 17.1 Å². The lowest BCUT2D eigenvalue weighted by Gasteiger charge is -2.06. The fourth-order valence-corrected chi connectivity index (χ4v) is 2.15. The molecule has 0 heterocycles. The fraction of sp³-hybridized carbons (Fsp3) is 0.133. The quantitative estimate of drug-likeness (QED) is 0.737. The van der Waals surface area contributed by atoms with Gasteiger partial charge in [-0.2, -0.15) is 0 Å². The summed E-state index contributed by atoms with van der Waals surface area (Å²) in [5.41, 5.74) is 2.40. The number of rotatable bonds is 2. The predicted molar refractivity (Wildman–Crippen MR) is 70.8 cm³/mol. The Labute approximate surface area is 110 Å². The molecule has 2 aromatic carbocycles.